The van der Waals surface area contributed by atoms with E-state index in [0.717, 1.165) is 12.5 Å². The van der Waals surface area contributed by atoms with Crippen molar-refractivity contribution in [3.8, 4) is 0 Å². The third kappa shape index (κ3) is 4.51. The Morgan fingerprint density at radius 1 is 1.26 bits per heavy atom. The summed E-state index contributed by atoms with van der Waals surface area (Å²) in [6, 6.07) is 7.23. The summed E-state index contributed by atoms with van der Waals surface area (Å²) >= 11 is 0. The van der Waals surface area contributed by atoms with E-state index in [2.05, 4.69) is 11.8 Å². The summed E-state index contributed by atoms with van der Waals surface area (Å²) < 4.78 is 0. The number of piperidine rings is 1. The van der Waals surface area contributed by atoms with Gasteiger partial charge in [0.15, 0.2) is 0 Å². The molecule has 0 aliphatic carbocycles. The molecule has 1 fully saturated rings. The van der Waals surface area contributed by atoms with Crippen LogP contribution in [0.3, 0.4) is 0 Å². The Morgan fingerprint density at radius 2 is 1.84 bits per heavy atom. The van der Waals surface area contributed by atoms with Gasteiger partial charge in [0.25, 0.3) is 0 Å². The predicted molar refractivity (Wildman–Crippen MR) is 78.9 cm³/mol. The number of rotatable bonds is 4. The Bertz CT molecular complexity index is 397. The Balaban J connectivity index is 0.00000180. The zero-order valence-corrected chi connectivity index (χ0v) is 12.2. The van der Waals surface area contributed by atoms with Crippen LogP contribution in [0, 0.1) is 5.92 Å². The number of halogens is 1. The van der Waals surface area contributed by atoms with Crippen LogP contribution in [0.5, 0.6) is 0 Å². The van der Waals surface area contributed by atoms with Crippen LogP contribution in [0.2, 0.25) is 0 Å². The first-order chi connectivity index (χ1) is 8.69. The van der Waals surface area contributed by atoms with Crippen LogP contribution in [0.25, 0.3) is 0 Å². The van der Waals surface area contributed by atoms with E-state index < -0.39 is 5.97 Å². The molecule has 1 aromatic rings. The Kier molecular flexibility index (Phi) is 6.32. The quantitative estimate of drug-likeness (QED) is 0.920. The molecule has 0 saturated carbocycles. The summed E-state index contributed by atoms with van der Waals surface area (Å²) in [5, 5.41) is 8.84. The second-order valence-corrected chi connectivity index (χ2v) is 5.13. The molecule has 4 heteroatoms. The van der Waals surface area contributed by atoms with Crippen LogP contribution in [-0.2, 0) is 6.54 Å². The fraction of sp³-hybridized carbons (Fsp3) is 0.533. The van der Waals surface area contributed by atoms with Crippen molar-refractivity contribution in [1.29, 1.82) is 0 Å². The minimum atomic E-state index is -0.856. The van der Waals surface area contributed by atoms with Gasteiger partial charge < -0.3 is 5.11 Å². The molecule has 0 radical (unpaired) electrons. The van der Waals surface area contributed by atoms with Gasteiger partial charge in [-0.1, -0.05) is 25.5 Å². The van der Waals surface area contributed by atoms with E-state index in [1.54, 1.807) is 12.1 Å². The standard InChI is InChI=1S/C15H21NO2.ClH/c1-2-12-7-9-16(10-8-12)11-13-3-5-14(6-4-13)15(17)18;/h3-6,12H,2,7-11H2,1H3,(H,17,18);1H. The van der Waals surface area contributed by atoms with E-state index in [1.807, 2.05) is 12.1 Å². The van der Waals surface area contributed by atoms with E-state index in [9.17, 15) is 4.79 Å². The maximum absolute atomic E-state index is 10.8. The van der Waals surface area contributed by atoms with Crippen molar-refractivity contribution in [2.45, 2.75) is 32.7 Å². The van der Waals surface area contributed by atoms with Crippen LogP contribution < -0.4 is 0 Å². The Morgan fingerprint density at radius 3 is 2.32 bits per heavy atom. The van der Waals surface area contributed by atoms with Crippen molar-refractivity contribution in [3.05, 3.63) is 35.4 Å². The van der Waals surface area contributed by atoms with Gasteiger partial charge in [-0.05, 0) is 49.5 Å². The number of aromatic carboxylic acids is 1. The lowest BCUT2D eigenvalue weighted by molar-refractivity contribution is 0.0697. The smallest absolute Gasteiger partial charge is 0.335 e. The molecule has 1 aliphatic heterocycles. The summed E-state index contributed by atoms with van der Waals surface area (Å²) in [5.41, 5.74) is 1.57. The lowest BCUT2D eigenvalue weighted by atomic mass is 9.94. The molecule has 0 bridgehead atoms. The van der Waals surface area contributed by atoms with Gasteiger partial charge in [0.2, 0.25) is 0 Å². The molecule has 0 amide bonds. The zero-order valence-electron chi connectivity index (χ0n) is 11.3. The minimum Gasteiger partial charge on any atom is -0.478 e. The van der Waals surface area contributed by atoms with Gasteiger partial charge in [-0.15, -0.1) is 12.4 Å². The number of hydrogen-bond acceptors (Lipinski definition) is 2. The van der Waals surface area contributed by atoms with Crippen LogP contribution >= 0.6 is 12.4 Å². The van der Waals surface area contributed by atoms with Crippen LogP contribution in [0.15, 0.2) is 24.3 Å². The molecule has 1 aliphatic rings. The average molecular weight is 284 g/mol. The molecule has 0 aromatic heterocycles. The van der Waals surface area contributed by atoms with Crippen LogP contribution in [0.1, 0.15) is 42.1 Å². The van der Waals surface area contributed by atoms with Gasteiger partial charge in [-0.3, -0.25) is 4.90 Å². The third-order valence-electron chi connectivity index (χ3n) is 3.89. The monoisotopic (exact) mass is 283 g/mol. The predicted octanol–water partition coefficient (Wildman–Crippen LogP) is 3.43. The molecule has 1 saturated heterocycles. The third-order valence-corrected chi connectivity index (χ3v) is 3.89. The Hall–Kier alpha value is -1.06. The number of carboxylic acid groups (broad SMARTS) is 1. The zero-order chi connectivity index (χ0) is 13.0. The minimum absolute atomic E-state index is 0. The topological polar surface area (TPSA) is 40.5 Å². The largest absolute Gasteiger partial charge is 0.478 e. The van der Waals surface area contributed by atoms with Gasteiger partial charge >= 0.3 is 5.97 Å². The molecule has 0 atom stereocenters. The van der Waals surface area contributed by atoms with Gasteiger partial charge in [0.1, 0.15) is 0 Å². The van der Waals surface area contributed by atoms with Crippen molar-refractivity contribution >= 4 is 18.4 Å². The molecule has 3 nitrogen and oxygen atoms in total. The maximum Gasteiger partial charge on any atom is 0.335 e. The van der Waals surface area contributed by atoms with Gasteiger partial charge in [0, 0.05) is 6.54 Å². The second-order valence-electron chi connectivity index (χ2n) is 5.13. The highest BCUT2D eigenvalue weighted by Gasteiger charge is 2.17. The summed E-state index contributed by atoms with van der Waals surface area (Å²) in [6.07, 6.45) is 3.88. The van der Waals surface area contributed by atoms with Crippen molar-refractivity contribution in [2.75, 3.05) is 13.1 Å². The average Bonchev–Trinajstić information content (AvgIpc) is 2.40. The highest BCUT2D eigenvalue weighted by atomic mass is 35.5. The van der Waals surface area contributed by atoms with E-state index in [0.29, 0.717) is 5.56 Å². The molecular formula is C15H22ClNO2. The van der Waals surface area contributed by atoms with Crippen LogP contribution in [-0.4, -0.2) is 29.1 Å². The lowest BCUT2D eigenvalue weighted by Crippen LogP contribution is -2.32. The number of benzene rings is 1. The highest BCUT2D eigenvalue weighted by Crippen LogP contribution is 2.21. The number of carbonyl (C=O) groups is 1. The van der Waals surface area contributed by atoms with Gasteiger partial charge in [0.05, 0.1) is 5.56 Å². The van der Waals surface area contributed by atoms with Crippen LogP contribution in [0.4, 0.5) is 0 Å². The summed E-state index contributed by atoms with van der Waals surface area (Å²) in [7, 11) is 0. The number of likely N-dealkylation sites (tertiary alicyclic amines) is 1. The normalized spacial score (nSPS) is 16.9. The molecule has 0 unspecified atom stereocenters. The summed E-state index contributed by atoms with van der Waals surface area (Å²) in [4.78, 5) is 13.2. The molecular weight excluding hydrogens is 262 g/mol. The first-order valence-corrected chi connectivity index (χ1v) is 6.73. The number of hydrogen-bond donors (Lipinski definition) is 1. The molecule has 1 aromatic carbocycles. The summed E-state index contributed by atoms with van der Waals surface area (Å²) in [5.74, 6) is 0.0425. The molecule has 0 spiro atoms. The molecule has 2 rings (SSSR count). The number of nitrogens with zero attached hydrogens (tertiary/aromatic N) is 1. The first kappa shape index (κ1) is 16.0. The van der Waals surface area contributed by atoms with E-state index in [4.69, 9.17) is 5.11 Å². The van der Waals surface area contributed by atoms with E-state index in [1.165, 1.54) is 37.9 Å². The van der Waals surface area contributed by atoms with Crippen molar-refractivity contribution < 1.29 is 9.90 Å². The fourth-order valence-corrected chi connectivity index (χ4v) is 2.56. The Labute approximate surface area is 121 Å². The highest BCUT2D eigenvalue weighted by molar-refractivity contribution is 5.87. The molecule has 19 heavy (non-hydrogen) atoms. The van der Waals surface area contributed by atoms with E-state index >= 15 is 0 Å². The van der Waals surface area contributed by atoms with Crippen molar-refractivity contribution in [3.63, 3.8) is 0 Å². The van der Waals surface area contributed by atoms with Gasteiger partial charge in [-0.2, -0.15) is 0 Å². The number of carboxylic acids is 1. The van der Waals surface area contributed by atoms with Crippen molar-refractivity contribution in [1.82, 2.24) is 4.90 Å². The molecule has 106 valence electrons. The summed E-state index contributed by atoms with van der Waals surface area (Å²) in [6.45, 7) is 5.54. The maximum atomic E-state index is 10.8. The first-order valence-electron chi connectivity index (χ1n) is 6.73. The van der Waals surface area contributed by atoms with E-state index in [-0.39, 0.29) is 12.4 Å². The SMILES string of the molecule is CCC1CCN(Cc2ccc(C(=O)O)cc2)CC1.Cl. The molecule has 1 N–H and O–H groups in total. The molecule has 1 heterocycles. The second kappa shape index (κ2) is 7.51. The fourth-order valence-electron chi connectivity index (χ4n) is 2.56. The van der Waals surface area contributed by atoms with Crippen molar-refractivity contribution in [2.24, 2.45) is 5.92 Å². The van der Waals surface area contributed by atoms with Gasteiger partial charge in [-0.25, -0.2) is 4.79 Å². The lowest BCUT2D eigenvalue weighted by Gasteiger charge is -2.31.